The van der Waals surface area contributed by atoms with Gasteiger partial charge in [0.2, 0.25) is 0 Å². The van der Waals surface area contributed by atoms with Gasteiger partial charge in [0.15, 0.2) is 0 Å². The fraction of sp³-hybridized carbons (Fsp3) is 0. The predicted molar refractivity (Wildman–Crippen MR) is 93.9 cm³/mol. The van der Waals surface area contributed by atoms with Crippen LogP contribution in [0.3, 0.4) is 0 Å². The molecular weight excluding hydrogens is 296 g/mol. The molecule has 0 radical (unpaired) electrons. The topological polar surface area (TPSA) is 51.6 Å². The molecule has 0 N–H and O–H groups in total. The minimum absolute atomic E-state index is 0.845. The maximum atomic E-state index is 4.44. The van der Waals surface area contributed by atoms with Gasteiger partial charge in [0.1, 0.15) is 0 Å². The van der Waals surface area contributed by atoms with E-state index in [2.05, 4.69) is 19.9 Å². The van der Waals surface area contributed by atoms with E-state index in [4.69, 9.17) is 0 Å². The first-order valence-electron chi connectivity index (χ1n) is 7.64. The molecule has 4 heteroatoms. The Balaban J connectivity index is 1.84. The summed E-state index contributed by atoms with van der Waals surface area (Å²) in [4.78, 5) is 17.2. The fourth-order valence-electron chi connectivity index (χ4n) is 2.66. The predicted octanol–water partition coefficient (Wildman–Crippen LogP) is 4.27. The van der Waals surface area contributed by atoms with Gasteiger partial charge in [-0.1, -0.05) is 6.07 Å². The van der Waals surface area contributed by atoms with Crippen LogP contribution in [-0.2, 0) is 0 Å². The summed E-state index contributed by atoms with van der Waals surface area (Å²) >= 11 is 0. The summed E-state index contributed by atoms with van der Waals surface area (Å²) in [5.41, 5.74) is 6.05. The normalized spacial score (nSPS) is 10.5. The molecule has 0 aromatic carbocycles. The lowest BCUT2D eigenvalue weighted by Crippen LogP contribution is -1.90. The zero-order valence-electron chi connectivity index (χ0n) is 12.9. The molecule has 0 fully saturated rings. The van der Waals surface area contributed by atoms with Crippen molar-refractivity contribution in [3.8, 4) is 33.6 Å². The van der Waals surface area contributed by atoms with Crippen LogP contribution in [0.2, 0.25) is 0 Å². The van der Waals surface area contributed by atoms with E-state index in [1.54, 1.807) is 24.8 Å². The quantitative estimate of drug-likeness (QED) is 0.567. The summed E-state index contributed by atoms with van der Waals surface area (Å²) in [5, 5.41) is 0. The Labute approximate surface area is 139 Å². The Morgan fingerprint density at radius 1 is 0.542 bits per heavy atom. The largest absolute Gasteiger partial charge is 0.265 e. The van der Waals surface area contributed by atoms with Crippen molar-refractivity contribution in [2.45, 2.75) is 0 Å². The summed E-state index contributed by atoms with van der Waals surface area (Å²) in [6.07, 6.45) is 10.9. The summed E-state index contributed by atoms with van der Waals surface area (Å²) in [5.74, 6) is 0. The van der Waals surface area contributed by atoms with E-state index in [0.717, 1.165) is 33.6 Å². The molecule has 24 heavy (non-hydrogen) atoms. The third-order valence-electron chi connectivity index (χ3n) is 3.81. The Morgan fingerprint density at radius 2 is 1.33 bits per heavy atom. The van der Waals surface area contributed by atoms with E-state index in [0.29, 0.717) is 0 Å². The third-order valence-corrected chi connectivity index (χ3v) is 3.81. The maximum Gasteiger partial charge on any atom is 0.0892 e. The average Bonchev–Trinajstić information content (AvgIpc) is 2.69. The monoisotopic (exact) mass is 310 g/mol. The van der Waals surface area contributed by atoms with Gasteiger partial charge in [-0.3, -0.25) is 19.9 Å². The number of hydrogen-bond acceptors (Lipinski definition) is 4. The minimum Gasteiger partial charge on any atom is -0.265 e. The molecule has 4 aromatic rings. The first kappa shape index (κ1) is 14.2. The van der Waals surface area contributed by atoms with E-state index >= 15 is 0 Å². The highest BCUT2D eigenvalue weighted by Crippen LogP contribution is 2.32. The van der Waals surface area contributed by atoms with Crippen molar-refractivity contribution in [1.82, 2.24) is 19.9 Å². The van der Waals surface area contributed by atoms with Crippen LogP contribution in [-0.4, -0.2) is 19.9 Å². The van der Waals surface area contributed by atoms with Gasteiger partial charge in [-0.2, -0.15) is 0 Å². The van der Waals surface area contributed by atoms with E-state index < -0.39 is 0 Å². The number of hydrogen-bond donors (Lipinski definition) is 0. The van der Waals surface area contributed by atoms with Crippen LogP contribution in [0.25, 0.3) is 33.6 Å². The van der Waals surface area contributed by atoms with Crippen molar-refractivity contribution < 1.29 is 0 Å². The molecule has 4 nitrogen and oxygen atoms in total. The minimum atomic E-state index is 0.845. The van der Waals surface area contributed by atoms with Crippen molar-refractivity contribution in [2.24, 2.45) is 0 Å². The summed E-state index contributed by atoms with van der Waals surface area (Å²) in [6.45, 7) is 0. The van der Waals surface area contributed by atoms with Crippen LogP contribution in [0, 0.1) is 0 Å². The second-order valence-corrected chi connectivity index (χ2v) is 5.30. The van der Waals surface area contributed by atoms with Gasteiger partial charge in [0.25, 0.3) is 0 Å². The molecule has 0 bridgehead atoms. The lowest BCUT2D eigenvalue weighted by molar-refractivity contribution is 1.24. The molecule has 0 aliphatic heterocycles. The fourth-order valence-corrected chi connectivity index (χ4v) is 2.66. The van der Waals surface area contributed by atoms with Gasteiger partial charge in [0, 0.05) is 42.7 Å². The second-order valence-electron chi connectivity index (χ2n) is 5.30. The molecule has 4 rings (SSSR count). The van der Waals surface area contributed by atoms with E-state index in [-0.39, 0.29) is 0 Å². The van der Waals surface area contributed by atoms with Gasteiger partial charge in [-0.05, 0) is 59.2 Å². The van der Waals surface area contributed by atoms with E-state index in [9.17, 15) is 0 Å². The highest BCUT2D eigenvalue weighted by atomic mass is 14.8. The number of nitrogens with zero attached hydrogens (tertiary/aromatic N) is 4. The Hall–Kier alpha value is -3.40. The van der Waals surface area contributed by atoms with Crippen molar-refractivity contribution in [1.29, 1.82) is 0 Å². The summed E-state index contributed by atoms with van der Waals surface area (Å²) in [6, 6.07) is 15.9. The first-order valence-corrected chi connectivity index (χ1v) is 7.64. The van der Waals surface area contributed by atoms with Crippen LogP contribution in [0.1, 0.15) is 0 Å². The van der Waals surface area contributed by atoms with Gasteiger partial charge < -0.3 is 0 Å². The Kier molecular flexibility index (Phi) is 3.78. The Bertz CT molecular complexity index is 953. The van der Waals surface area contributed by atoms with Crippen molar-refractivity contribution in [3.05, 3.63) is 85.7 Å². The van der Waals surface area contributed by atoms with Gasteiger partial charge in [0.05, 0.1) is 11.4 Å². The first-order chi connectivity index (χ1) is 11.9. The molecular formula is C20H14N4. The molecule has 0 atom stereocenters. The van der Waals surface area contributed by atoms with Gasteiger partial charge >= 0.3 is 0 Å². The van der Waals surface area contributed by atoms with Crippen LogP contribution < -0.4 is 0 Å². The van der Waals surface area contributed by atoms with Crippen molar-refractivity contribution >= 4 is 0 Å². The third kappa shape index (κ3) is 2.77. The molecule has 0 saturated carbocycles. The number of aromatic nitrogens is 4. The maximum absolute atomic E-state index is 4.44. The highest BCUT2D eigenvalue weighted by Gasteiger charge is 2.09. The molecule has 0 unspecified atom stereocenters. The molecule has 0 aliphatic carbocycles. The SMILES string of the molecule is c1ccc(-c2cc(-c3cnccc3-c3ccncc3)ccn2)nc1. The van der Waals surface area contributed by atoms with Crippen molar-refractivity contribution in [2.75, 3.05) is 0 Å². The van der Waals surface area contributed by atoms with Crippen LogP contribution in [0.15, 0.2) is 85.7 Å². The lowest BCUT2D eigenvalue weighted by atomic mass is 9.97. The molecule has 114 valence electrons. The molecule has 4 aromatic heterocycles. The molecule has 0 amide bonds. The van der Waals surface area contributed by atoms with Crippen LogP contribution in [0.4, 0.5) is 0 Å². The van der Waals surface area contributed by atoms with Crippen molar-refractivity contribution in [3.63, 3.8) is 0 Å². The standard InChI is InChI=1S/C20H14N4/c1-2-8-23-19(3-1)20-13-16(6-12-24-20)18-14-22-11-7-17(18)15-4-9-21-10-5-15/h1-14H. The molecule has 0 spiro atoms. The van der Waals surface area contributed by atoms with Gasteiger partial charge in [-0.15, -0.1) is 0 Å². The van der Waals surface area contributed by atoms with E-state index in [1.807, 2.05) is 60.9 Å². The number of pyridine rings is 4. The van der Waals surface area contributed by atoms with Crippen LogP contribution in [0.5, 0.6) is 0 Å². The zero-order valence-corrected chi connectivity index (χ0v) is 12.9. The molecule has 0 aliphatic rings. The summed E-state index contributed by atoms with van der Waals surface area (Å²) in [7, 11) is 0. The lowest BCUT2D eigenvalue weighted by Gasteiger charge is -2.10. The average molecular weight is 310 g/mol. The molecule has 0 saturated heterocycles. The van der Waals surface area contributed by atoms with Crippen LogP contribution >= 0.6 is 0 Å². The van der Waals surface area contributed by atoms with Gasteiger partial charge in [-0.25, -0.2) is 0 Å². The Morgan fingerprint density at radius 3 is 2.17 bits per heavy atom. The number of rotatable bonds is 3. The zero-order chi connectivity index (χ0) is 16.2. The summed E-state index contributed by atoms with van der Waals surface area (Å²) < 4.78 is 0. The van der Waals surface area contributed by atoms with E-state index in [1.165, 1.54) is 0 Å². The second kappa shape index (κ2) is 6.38. The molecule has 4 heterocycles. The smallest absolute Gasteiger partial charge is 0.0892 e. The highest BCUT2D eigenvalue weighted by molar-refractivity contribution is 5.83.